The quantitative estimate of drug-likeness (QED) is 0.270. The monoisotopic (exact) mass is 501 g/mol. The number of nitrogens with zero attached hydrogens (tertiary/aromatic N) is 2. The zero-order valence-electron chi connectivity index (χ0n) is 21.6. The summed E-state index contributed by atoms with van der Waals surface area (Å²) >= 11 is 0. The molecule has 6 heteroatoms. The predicted octanol–water partition coefficient (Wildman–Crippen LogP) is 6.08. The van der Waals surface area contributed by atoms with Crippen LogP contribution in [0.2, 0.25) is 0 Å². The number of ketones is 1. The van der Waals surface area contributed by atoms with Crippen molar-refractivity contribution in [1.82, 2.24) is 10.3 Å². The number of hydrogen-bond donors (Lipinski definition) is 1. The minimum absolute atomic E-state index is 0.0291. The number of halogens is 1. The number of carbonyl (C=O) groups is 2. The molecule has 5 nitrogen and oxygen atoms in total. The van der Waals surface area contributed by atoms with Gasteiger partial charge in [-0.1, -0.05) is 43.7 Å². The van der Waals surface area contributed by atoms with Crippen molar-refractivity contribution in [3.63, 3.8) is 0 Å². The number of piperidine rings is 1. The summed E-state index contributed by atoms with van der Waals surface area (Å²) in [5, 5.41) is 3.87. The second kappa shape index (κ2) is 11.4. The maximum Gasteiger partial charge on any atom is 0.223 e. The van der Waals surface area contributed by atoms with E-state index in [-0.39, 0.29) is 23.4 Å². The van der Waals surface area contributed by atoms with Crippen molar-refractivity contribution in [2.75, 3.05) is 24.5 Å². The number of pyridine rings is 1. The van der Waals surface area contributed by atoms with Gasteiger partial charge in [0.15, 0.2) is 5.78 Å². The Morgan fingerprint density at radius 1 is 1.08 bits per heavy atom. The lowest BCUT2D eigenvalue weighted by atomic mass is 9.92. The summed E-state index contributed by atoms with van der Waals surface area (Å²) in [6.07, 6.45) is 8.45. The average Bonchev–Trinajstić information content (AvgIpc) is 3.73. The molecule has 0 atom stereocenters. The molecule has 194 valence electrons. The van der Waals surface area contributed by atoms with Crippen LogP contribution in [0.3, 0.4) is 0 Å². The van der Waals surface area contributed by atoms with Gasteiger partial charge >= 0.3 is 0 Å². The van der Waals surface area contributed by atoms with E-state index in [0.717, 1.165) is 42.2 Å². The van der Waals surface area contributed by atoms with Gasteiger partial charge in [-0.05, 0) is 61.6 Å². The predicted molar refractivity (Wildman–Crippen MR) is 145 cm³/mol. The molecule has 2 aliphatic rings. The van der Waals surface area contributed by atoms with Crippen LogP contribution in [-0.2, 0) is 11.2 Å². The first-order chi connectivity index (χ1) is 18.0. The fourth-order valence-corrected chi connectivity index (χ4v) is 5.34. The third kappa shape index (κ3) is 6.00. The summed E-state index contributed by atoms with van der Waals surface area (Å²) in [5.74, 6) is 0.382. The largest absolute Gasteiger partial charge is 0.369 e. The molecule has 1 aliphatic carbocycles. The lowest BCUT2D eigenvalue weighted by Gasteiger charge is -2.33. The highest BCUT2D eigenvalue weighted by Gasteiger charge is 2.29. The zero-order valence-corrected chi connectivity index (χ0v) is 21.6. The summed E-state index contributed by atoms with van der Waals surface area (Å²) in [6.45, 7) is 4.06. The van der Waals surface area contributed by atoms with Gasteiger partial charge in [0.1, 0.15) is 5.82 Å². The van der Waals surface area contributed by atoms with E-state index in [0.29, 0.717) is 68.0 Å². The topological polar surface area (TPSA) is 62.3 Å². The Hall–Kier alpha value is -3.28. The van der Waals surface area contributed by atoms with Gasteiger partial charge in [-0.15, -0.1) is 0 Å². The number of anilines is 1. The number of amides is 1. The average molecular weight is 502 g/mol. The highest BCUT2D eigenvalue weighted by atomic mass is 19.1. The first-order valence-electron chi connectivity index (χ1n) is 13.7. The Morgan fingerprint density at radius 3 is 2.54 bits per heavy atom. The molecule has 5 rings (SSSR count). The molecule has 37 heavy (non-hydrogen) atoms. The third-order valence-electron chi connectivity index (χ3n) is 7.78. The number of fused-ring (bicyclic) bond motifs is 1. The molecule has 0 spiro atoms. The van der Waals surface area contributed by atoms with Gasteiger partial charge < -0.3 is 10.2 Å². The fraction of sp³-hybridized carbons (Fsp3) is 0.452. The Morgan fingerprint density at radius 2 is 1.84 bits per heavy atom. The second-order valence-electron chi connectivity index (χ2n) is 10.6. The number of benzene rings is 2. The minimum atomic E-state index is -0.312. The molecule has 0 bridgehead atoms. The standard InChI is InChI=1S/C31H36FN3O2/c1-2-3-13-33-31(37)23-11-14-35(15-12-23)29-18-25-24(16-21-7-5-4-6-8-21)26(30(36)17-22-9-10-22)20-34-28(25)19-27(29)32/h4-8,18-20,22-23H,2-3,9-17H2,1H3,(H,33,37). The normalized spacial score (nSPS) is 16.2. The molecular formula is C31H36FN3O2. The van der Waals surface area contributed by atoms with Crippen LogP contribution >= 0.6 is 0 Å². The minimum Gasteiger partial charge on any atom is -0.369 e. The number of unbranched alkanes of at least 4 members (excludes halogenated alkanes) is 1. The number of Topliss-reactive ketones (excluding diaryl/α,β-unsaturated/α-hetero) is 1. The molecule has 0 unspecified atom stereocenters. The Labute approximate surface area is 218 Å². The molecule has 1 saturated heterocycles. The molecule has 2 aromatic carbocycles. The molecule has 2 fully saturated rings. The van der Waals surface area contributed by atoms with E-state index in [1.54, 1.807) is 6.20 Å². The van der Waals surface area contributed by atoms with Crippen molar-refractivity contribution in [2.45, 2.75) is 58.3 Å². The third-order valence-corrected chi connectivity index (χ3v) is 7.78. The molecule has 1 aromatic heterocycles. The number of rotatable bonds is 10. The molecule has 1 saturated carbocycles. The van der Waals surface area contributed by atoms with Crippen LogP contribution in [-0.4, -0.2) is 36.3 Å². The van der Waals surface area contributed by atoms with Crippen LogP contribution in [0.5, 0.6) is 0 Å². The van der Waals surface area contributed by atoms with Crippen LogP contribution in [0.4, 0.5) is 10.1 Å². The maximum atomic E-state index is 15.3. The van der Waals surface area contributed by atoms with Crippen molar-refractivity contribution >= 4 is 28.3 Å². The first-order valence-corrected chi connectivity index (χ1v) is 13.7. The number of nitrogens with one attached hydrogen (secondary N) is 1. The molecule has 2 heterocycles. The van der Waals surface area contributed by atoms with Crippen LogP contribution in [0, 0.1) is 17.7 Å². The van der Waals surface area contributed by atoms with Gasteiger partial charge in [0.05, 0.1) is 11.2 Å². The Kier molecular flexibility index (Phi) is 7.82. The van der Waals surface area contributed by atoms with E-state index in [9.17, 15) is 9.59 Å². The molecule has 0 radical (unpaired) electrons. The van der Waals surface area contributed by atoms with Crippen molar-refractivity contribution in [1.29, 1.82) is 0 Å². The lowest BCUT2D eigenvalue weighted by Crippen LogP contribution is -2.41. The fourth-order valence-electron chi connectivity index (χ4n) is 5.34. The summed E-state index contributed by atoms with van der Waals surface area (Å²) in [6, 6.07) is 13.5. The summed E-state index contributed by atoms with van der Waals surface area (Å²) < 4.78 is 15.3. The Balaban J connectivity index is 1.43. The van der Waals surface area contributed by atoms with E-state index < -0.39 is 0 Å². The Bertz CT molecular complexity index is 1260. The van der Waals surface area contributed by atoms with Gasteiger partial charge in [-0.25, -0.2) is 4.39 Å². The summed E-state index contributed by atoms with van der Waals surface area (Å²) in [7, 11) is 0. The van der Waals surface area contributed by atoms with Crippen molar-refractivity contribution in [3.05, 3.63) is 71.2 Å². The molecular weight excluding hydrogens is 465 g/mol. The smallest absolute Gasteiger partial charge is 0.223 e. The van der Waals surface area contributed by atoms with E-state index in [1.165, 1.54) is 6.07 Å². The first kappa shape index (κ1) is 25.4. The molecule has 3 aromatic rings. The highest BCUT2D eigenvalue weighted by Crippen LogP contribution is 2.36. The van der Waals surface area contributed by atoms with Crippen LogP contribution in [0.25, 0.3) is 10.9 Å². The van der Waals surface area contributed by atoms with Gasteiger partial charge in [0.25, 0.3) is 0 Å². The van der Waals surface area contributed by atoms with Gasteiger partial charge in [-0.2, -0.15) is 0 Å². The van der Waals surface area contributed by atoms with Gasteiger partial charge in [-0.3, -0.25) is 14.6 Å². The van der Waals surface area contributed by atoms with Crippen molar-refractivity contribution < 1.29 is 14.0 Å². The van der Waals surface area contributed by atoms with E-state index in [1.807, 2.05) is 29.2 Å². The van der Waals surface area contributed by atoms with E-state index in [2.05, 4.69) is 29.4 Å². The van der Waals surface area contributed by atoms with Crippen molar-refractivity contribution in [2.24, 2.45) is 11.8 Å². The molecule has 1 amide bonds. The number of carbonyl (C=O) groups excluding carboxylic acids is 2. The molecule has 1 N–H and O–H groups in total. The van der Waals surface area contributed by atoms with Crippen LogP contribution in [0.1, 0.15) is 73.4 Å². The maximum absolute atomic E-state index is 15.3. The number of aromatic nitrogens is 1. The lowest BCUT2D eigenvalue weighted by molar-refractivity contribution is -0.125. The van der Waals surface area contributed by atoms with E-state index in [4.69, 9.17) is 0 Å². The van der Waals surface area contributed by atoms with Crippen LogP contribution < -0.4 is 10.2 Å². The number of hydrogen-bond acceptors (Lipinski definition) is 4. The second-order valence-corrected chi connectivity index (χ2v) is 10.6. The van der Waals surface area contributed by atoms with E-state index >= 15 is 4.39 Å². The van der Waals surface area contributed by atoms with Crippen LogP contribution in [0.15, 0.2) is 48.7 Å². The summed E-state index contributed by atoms with van der Waals surface area (Å²) in [4.78, 5) is 32.3. The van der Waals surface area contributed by atoms with Crippen molar-refractivity contribution in [3.8, 4) is 0 Å². The SMILES string of the molecule is CCCCNC(=O)C1CCN(c2cc3c(Cc4ccccc4)c(C(=O)CC4CC4)cnc3cc2F)CC1. The highest BCUT2D eigenvalue weighted by molar-refractivity contribution is 6.02. The molecule has 1 aliphatic heterocycles. The summed E-state index contributed by atoms with van der Waals surface area (Å²) in [5.41, 5.74) is 3.79. The van der Waals surface area contributed by atoms with Gasteiger partial charge in [0, 0.05) is 55.2 Å². The van der Waals surface area contributed by atoms with Gasteiger partial charge in [0.2, 0.25) is 5.91 Å². The zero-order chi connectivity index (χ0) is 25.8.